The monoisotopic (exact) mass is 600 g/mol. The molecule has 0 saturated carbocycles. The first-order chi connectivity index (χ1) is 16.2. The Kier molecular flexibility index (Phi) is 14.7. The van der Waals surface area contributed by atoms with Crippen molar-refractivity contribution in [3.63, 3.8) is 0 Å². The van der Waals surface area contributed by atoms with E-state index in [1.807, 2.05) is 68.1 Å². The molecule has 0 aromatic heterocycles. The van der Waals surface area contributed by atoms with E-state index in [1.165, 1.54) is 0 Å². The van der Waals surface area contributed by atoms with Gasteiger partial charge < -0.3 is 26.0 Å². The molecule has 0 aliphatic heterocycles. The molecule has 0 radical (unpaired) electrons. The van der Waals surface area contributed by atoms with Crippen LogP contribution in [0.2, 0.25) is 64.1 Å². The summed E-state index contributed by atoms with van der Waals surface area (Å²) >= 11 is 0. The van der Waals surface area contributed by atoms with Gasteiger partial charge in [0.15, 0.2) is 16.6 Å². The van der Waals surface area contributed by atoms with Gasteiger partial charge in [-0.1, -0.05) is 24.7 Å². The number of hydrogen-bond donors (Lipinski definition) is 0. The average molecular weight is 601 g/mol. The van der Waals surface area contributed by atoms with Gasteiger partial charge in [0.25, 0.3) is 8.68 Å². The molecule has 11 heteroatoms. The Labute approximate surface area is 234 Å². The number of terminal acetylenes is 3. The van der Waals surface area contributed by atoms with Crippen molar-refractivity contribution in [3.8, 4) is 37.0 Å². The van der Waals surface area contributed by atoms with E-state index in [9.17, 15) is 4.46 Å². The lowest BCUT2D eigenvalue weighted by molar-refractivity contribution is 0.0552. The topological polar surface area (TPSA) is 63.2 Å². The summed E-state index contributed by atoms with van der Waals surface area (Å²) in [6.07, 6.45) is 16.3. The zero-order valence-electron chi connectivity index (χ0n) is 26.1. The molecule has 6 nitrogen and oxygen atoms in total. The van der Waals surface area contributed by atoms with Gasteiger partial charge in [0, 0.05) is 12.2 Å². The van der Waals surface area contributed by atoms with Crippen molar-refractivity contribution >= 4 is 42.7 Å². The highest BCUT2D eigenvalue weighted by molar-refractivity contribution is 6.88. The van der Waals surface area contributed by atoms with Gasteiger partial charge in [-0.3, -0.25) is 0 Å². The molecule has 0 amide bonds. The molecule has 0 aliphatic rings. The van der Waals surface area contributed by atoms with Gasteiger partial charge in [0.1, 0.15) is 16.8 Å². The highest BCUT2D eigenvalue weighted by atomic mass is 28.5. The summed E-state index contributed by atoms with van der Waals surface area (Å²) in [7, 11) is -10.8. The Bertz CT molecular complexity index is 855. The molecule has 0 heterocycles. The fraction of sp³-hybridized carbons (Fsp3) is 0.769. The minimum absolute atomic E-state index is 0.611. The fourth-order valence-electron chi connectivity index (χ4n) is 3.56. The summed E-state index contributed by atoms with van der Waals surface area (Å²) < 4.78 is 42.4. The average Bonchev–Trinajstić information content (AvgIpc) is 2.63. The molecule has 0 saturated heterocycles. The van der Waals surface area contributed by atoms with E-state index >= 15 is 0 Å². The van der Waals surface area contributed by atoms with Gasteiger partial charge in [0.2, 0.25) is 0 Å². The van der Waals surface area contributed by atoms with Crippen molar-refractivity contribution in [1.29, 1.82) is 0 Å². The molecule has 0 aliphatic carbocycles. The molecule has 0 aromatic carbocycles. The van der Waals surface area contributed by atoms with Crippen LogP contribution >= 0.6 is 0 Å². The van der Waals surface area contributed by atoms with Gasteiger partial charge in [-0.2, -0.15) is 0 Å². The Hall–Kier alpha value is -0.636. The molecule has 37 heavy (non-hydrogen) atoms. The van der Waals surface area contributed by atoms with Crippen LogP contribution in [0, 0.1) is 37.0 Å². The largest absolute Gasteiger partial charge is 0.477 e. The summed E-state index contributed by atoms with van der Waals surface area (Å²) in [5.41, 5.74) is -1.30. The third-order valence-corrected chi connectivity index (χ3v) is 20.7. The van der Waals surface area contributed by atoms with Crippen LogP contribution in [0.4, 0.5) is 0 Å². The molecule has 0 aromatic rings. The first kappa shape index (κ1) is 38.5. The van der Waals surface area contributed by atoms with Crippen molar-refractivity contribution in [2.24, 2.45) is 0 Å². The van der Waals surface area contributed by atoms with Gasteiger partial charge in [-0.25, -0.2) is 0 Å². The Morgan fingerprint density at radius 2 is 1.03 bits per heavy atom. The SMILES string of the molecule is C#CC(C)(C)O[Si](C)(C)OC(C)(C)C#C.C#CC(C)(C)O[Si](C)(O[Si](C)(C)C)O[Si](C)(C)C[Si](=O)CC. The lowest BCUT2D eigenvalue weighted by Gasteiger charge is -2.41. The molecule has 1 atom stereocenters. The first-order valence-electron chi connectivity index (χ1n) is 12.6. The van der Waals surface area contributed by atoms with Gasteiger partial charge in [-0.15, -0.1) is 19.3 Å². The van der Waals surface area contributed by atoms with E-state index in [0.717, 1.165) is 0 Å². The molecular weight excluding hydrogens is 549 g/mol. The summed E-state index contributed by atoms with van der Waals surface area (Å²) in [6.45, 7) is 29.3. The normalized spacial score (nSPS) is 14.8. The molecule has 0 N–H and O–H groups in total. The van der Waals surface area contributed by atoms with Gasteiger partial charge in [0.05, 0.1) is 0 Å². The number of rotatable bonds is 13. The zero-order valence-corrected chi connectivity index (χ0v) is 31.1. The van der Waals surface area contributed by atoms with Crippen molar-refractivity contribution in [2.45, 2.75) is 129 Å². The molecule has 0 spiro atoms. The predicted octanol–water partition coefficient (Wildman–Crippen LogP) is 6.58. The van der Waals surface area contributed by atoms with Gasteiger partial charge >= 0.3 is 17.4 Å². The van der Waals surface area contributed by atoms with E-state index in [1.54, 1.807) is 0 Å². The lowest BCUT2D eigenvalue weighted by Crippen LogP contribution is -2.58. The maximum Gasteiger partial charge on any atom is 0.477 e. The minimum Gasteiger partial charge on any atom is -0.417 e. The summed E-state index contributed by atoms with van der Waals surface area (Å²) in [4.78, 5) is 0. The van der Waals surface area contributed by atoms with E-state index in [-0.39, 0.29) is 0 Å². The zero-order chi connectivity index (χ0) is 30.1. The van der Waals surface area contributed by atoms with E-state index in [0.29, 0.717) is 11.7 Å². The van der Waals surface area contributed by atoms with Crippen molar-refractivity contribution < 1.29 is 26.0 Å². The van der Waals surface area contributed by atoms with Crippen LogP contribution in [-0.2, 0) is 26.0 Å². The van der Waals surface area contributed by atoms with Crippen LogP contribution in [0.5, 0.6) is 0 Å². The minimum atomic E-state index is -2.90. The second-order valence-corrected chi connectivity index (χ2v) is 30.4. The van der Waals surface area contributed by atoms with Crippen LogP contribution < -0.4 is 0 Å². The van der Waals surface area contributed by atoms with Gasteiger partial charge in [-0.05, 0) is 93.4 Å². The van der Waals surface area contributed by atoms with E-state index in [4.69, 9.17) is 40.8 Å². The molecule has 0 bridgehead atoms. The van der Waals surface area contributed by atoms with Crippen molar-refractivity contribution in [3.05, 3.63) is 0 Å². The van der Waals surface area contributed by atoms with E-state index in [2.05, 4.69) is 50.5 Å². The highest BCUT2D eigenvalue weighted by Crippen LogP contribution is 2.28. The summed E-state index contributed by atoms with van der Waals surface area (Å²) in [6, 6.07) is 0.717. The van der Waals surface area contributed by atoms with Crippen LogP contribution in [0.3, 0.4) is 0 Å². The standard InChI is InChI=1S/C14H32O4Si4.C12H20O2Si/c1-11-14(3,4)16-22(10,17-20(5,6)7)18-21(8,9)13-19(15)12-2;1-9-11(3,4)13-15(7,8)14-12(5,6)10-2/h1H,12-13H2,2-10H3;1-2H,3-8H3. The fourth-order valence-corrected chi connectivity index (χ4v) is 22.2. The maximum atomic E-state index is 12.0. The predicted molar refractivity (Wildman–Crippen MR) is 166 cm³/mol. The molecule has 1 unspecified atom stereocenters. The smallest absolute Gasteiger partial charge is 0.417 e. The van der Waals surface area contributed by atoms with Crippen molar-refractivity contribution in [2.75, 3.05) is 0 Å². The summed E-state index contributed by atoms with van der Waals surface area (Å²) in [5.74, 6) is 7.81. The van der Waals surface area contributed by atoms with Crippen LogP contribution in [-0.4, -0.2) is 59.5 Å². The van der Waals surface area contributed by atoms with E-state index < -0.39 is 59.5 Å². The Balaban J connectivity index is 0. The third kappa shape index (κ3) is 19.1. The Morgan fingerprint density at radius 1 is 0.676 bits per heavy atom. The van der Waals surface area contributed by atoms with Crippen molar-refractivity contribution in [1.82, 2.24) is 0 Å². The second kappa shape index (κ2) is 14.1. The van der Waals surface area contributed by atoms with Crippen LogP contribution in [0.25, 0.3) is 0 Å². The molecule has 0 rings (SSSR count). The molecular formula is C26H52O6Si5. The molecule has 0 fully saturated rings. The summed E-state index contributed by atoms with van der Waals surface area (Å²) in [5, 5.41) is 0. The maximum absolute atomic E-state index is 12.0. The Morgan fingerprint density at radius 3 is 1.32 bits per heavy atom. The van der Waals surface area contributed by atoms with Crippen LogP contribution in [0.1, 0.15) is 48.5 Å². The number of hydrogen-bond acceptors (Lipinski definition) is 6. The first-order valence-corrected chi connectivity index (χ1v) is 26.0. The second-order valence-electron chi connectivity index (χ2n) is 12.7. The lowest BCUT2D eigenvalue weighted by atomic mass is 10.2. The van der Waals surface area contributed by atoms with Crippen LogP contribution in [0.15, 0.2) is 0 Å². The molecule has 212 valence electrons. The highest BCUT2D eigenvalue weighted by Gasteiger charge is 2.48. The third-order valence-electron chi connectivity index (χ3n) is 4.46. The quantitative estimate of drug-likeness (QED) is 0.176.